The van der Waals surface area contributed by atoms with Crippen LogP contribution in [0.15, 0.2) is 29.2 Å². The van der Waals surface area contributed by atoms with Crippen LogP contribution >= 0.6 is 0 Å². The number of sulfonamides is 1. The first-order valence-electron chi connectivity index (χ1n) is 7.10. The third-order valence-corrected chi connectivity index (χ3v) is 4.81. The minimum atomic E-state index is -3.42. The van der Waals surface area contributed by atoms with Crippen molar-refractivity contribution in [2.45, 2.75) is 49.6 Å². The zero-order chi connectivity index (χ0) is 14.6. The van der Waals surface area contributed by atoms with E-state index in [0.717, 1.165) is 32.2 Å². The molecule has 0 amide bonds. The monoisotopic (exact) mass is 297 g/mol. The minimum Gasteiger partial charge on any atom is -0.384 e. The number of para-hydroxylation sites is 1. The van der Waals surface area contributed by atoms with Gasteiger partial charge in [-0.3, -0.25) is 0 Å². The molecule has 20 heavy (non-hydrogen) atoms. The van der Waals surface area contributed by atoms with Crippen molar-refractivity contribution in [2.75, 3.05) is 11.9 Å². The minimum absolute atomic E-state index is 0.117. The molecule has 0 spiro atoms. The van der Waals surface area contributed by atoms with E-state index in [2.05, 4.69) is 10.0 Å². The lowest BCUT2D eigenvalue weighted by molar-refractivity contribution is 0.581. The Bertz CT molecular complexity index is 539. The number of rotatable bonds is 8. The van der Waals surface area contributed by atoms with Gasteiger partial charge in [0, 0.05) is 18.6 Å². The molecule has 1 unspecified atom stereocenters. The molecule has 1 aromatic carbocycles. The summed E-state index contributed by atoms with van der Waals surface area (Å²) in [6.07, 6.45) is 3.71. The fourth-order valence-electron chi connectivity index (χ4n) is 1.98. The molecule has 1 aliphatic rings. The van der Waals surface area contributed by atoms with E-state index in [1.807, 2.05) is 13.0 Å². The number of nitrogens with one attached hydrogen (secondary N) is 2. The summed E-state index contributed by atoms with van der Waals surface area (Å²) in [7, 11) is -3.42. The van der Waals surface area contributed by atoms with Gasteiger partial charge in [0.25, 0.3) is 0 Å². The molecule has 1 fully saturated rings. The SMILES string of the molecule is CC(N)CCCNc1ccccc1S(=O)(=O)NC1CC1. The van der Waals surface area contributed by atoms with Crippen LogP contribution in [0.2, 0.25) is 0 Å². The van der Waals surface area contributed by atoms with Crippen molar-refractivity contribution in [3.05, 3.63) is 24.3 Å². The van der Waals surface area contributed by atoms with Crippen LogP contribution in [0.4, 0.5) is 5.69 Å². The second-order valence-electron chi connectivity index (χ2n) is 5.44. The highest BCUT2D eigenvalue weighted by Gasteiger charge is 2.29. The number of benzene rings is 1. The third kappa shape index (κ3) is 4.47. The lowest BCUT2D eigenvalue weighted by atomic mass is 10.2. The van der Waals surface area contributed by atoms with Gasteiger partial charge in [-0.25, -0.2) is 13.1 Å². The van der Waals surface area contributed by atoms with Crippen molar-refractivity contribution in [1.29, 1.82) is 0 Å². The van der Waals surface area contributed by atoms with Crippen LogP contribution in [0.25, 0.3) is 0 Å². The Labute approximate surface area is 121 Å². The summed E-state index contributed by atoms with van der Waals surface area (Å²) >= 11 is 0. The molecule has 0 radical (unpaired) electrons. The van der Waals surface area contributed by atoms with Gasteiger partial charge in [0.2, 0.25) is 10.0 Å². The average molecular weight is 297 g/mol. The topological polar surface area (TPSA) is 84.2 Å². The summed E-state index contributed by atoms with van der Waals surface area (Å²) in [6, 6.07) is 7.31. The smallest absolute Gasteiger partial charge is 0.242 e. The van der Waals surface area contributed by atoms with Crippen LogP contribution in [0.5, 0.6) is 0 Å². The summed E-state index contributed by atoms with van der Waals surface area (Å²) in [4.78, 5) is 0.327. The normalized spacial score (nSPS) is 16.9. The van der Waals surface area contributed by atoms with E-state index < -0.39 is 10.0 Å². The molecule has 112 valence electrons. The van der Waals surface area contributed by atoms with E-state index in [1.165, 1.54) is 0 Å². The maximum Gasteiger partial charge on any atom is 0.242 e. The zero-order valence-corrected chi connectivity index (χ0v) is 12.6. The van der Waals surface area contributed by atoms with E-state index in [4.69, 9.17) is 5.73 Å². The van der Waals surface area contributed by atoms with Crippen molar-refractivity contribution in [3.63, 3.8) is 0 Å². The van der Waals surface area contributed by atoms with Crippen LogP contribution in [-0.2, 0) is 10.0 Å². The lowest BCUT2D eigenvalue weighted by Gasteiger charge is -2.13. The van der Waals surface area contributed by atoms with Crippen LogP contribution in [0.1, 0.15) is 32.6 Å². The third-order valence-electron chi connectivity index (χ3n) is 3.23. The Balaban J connectivity index is 2.01. The molecule has 6 heteroatoms. The zero-order valence-electron chi connectivity index (χ0n) is 11.8. The fraction of sp³-hybridized carbons (Fsp3) is 0.571. The predicted molar refractivity (Wildman–Crippen MR) is 81.2 cm³/mol. The number of anilines is 1. The number of hydrogen-bond donors (Lipinski definition) is 3. The van der Waals surface area contributed by atoms with Crippen LogP contribution in [0.3, 0.4) is 0 Å². The van der Waals surface area contributed by atoms with Gasteiger partial charge in [0.1, 0.15) is 4.90 Å². The molecule has 0 aromatic heterocycles. The van der Waals surface area contributed by atoms with Gasteiger partial charge in [-0.05, 0) is 44.7 Å². The summed E-state index contributed by atoms with van der Waals surface area (Å²) < 4.78 is 27.3. The van der Waals surface area contributed by atoms with Gasteiger partial charge in [-0.15, -0.1) is 0 Å². The highest BCUT2D eigenvalue weighted by atomic mass is 32.2. The second-order valence-corrected chi connectivity index (χ2v) is 7.12. The van der Waals surface area contributed by atoms with Gasteiger partial charge < -0.3 is 11.1 Å². The Morgan fingerprint density at radius 3 is 2.70 bits per heavy atom. The summed E-state index contributed by atoms with van der Waals surface area (Å²) in [5.41, 5.74) is 6.36. The molecule has 1 aromatic rings. The van der Waals surface area contributed by atoms with Crippen LogP contribution in [-0.4, -0.2) is 27.0 Å². The molecule has 5 nitrogen and oxygen atoms in total. The second kappa shape index (κ2) is 6.56. The molecule has 1 saturated carbocycles. The standard InChI is InChI=1S/C14H23N3O2S/c1-11(15)5-4-10-16-13-6-2-3-7-14(13)20(18,19)17-12-8-9-12/h2-3,6-7,11-12,16-17H,4-5,8-10,15H2,1H3. The maximum absolute atomic E-state index is 12.3. The quantitative estimate of drug-likeness (QED) is 0.637. The van der Waals surface area contributed by atoms with Gasteiger partial charge in [0.15, 0.2) is 0 Å². The Hall–Kier alpha value is -1.11. The maximum atomic E-state index is 12.3. The molecule has 0 bridgehead atoms. The van der Waals surface area contributed by atoms with Crippen molar-refractivity contribution in [1.82, 2.24) is 4.72 Å². The average Bonchev–Trinajstić information content (AvgIpc) is 3.18. The van der Waals surface area contributed by atoms with Gasteiger partial charge in [-0.1, -0.05) is 12.1 Å². The van der Waals surface area contributed by atoms with Gasteiger partial charge in [-0.2, -0.15) is 0 Å². The van der Waals surface area contributed by atoms with Crippen molar-refractivity contribution < 1.29 is 8.42 Å². The van der Waals surface area contributed by atoms with E-state index >= 15 is 0 Å². The van der Waals surface area contributed by atoms with Gasteiger partial charge in [0.05, 0.1) is 5.69 Å². The molecule has 4 N–H and O–H groups in total. The number of hydrogen-bond acceptors (Lipinski definition) is 4. The highest BCUT2D eigenvalue weighted by molar-refractivity contribution is 7.89. The molecule has 1 aliphatic carbocycles. The van der Waals surface area contributed by atoms with E-state index in [0.29, 0.717) is 10.6 Å². The molecule has 0 saturated heterocycles. The largest absolute Gasteiger partial charge is 0.384 e. The van der Waals surface area contributed by atoms with Crippen molar-refractivity contribution >= 4 is 15.7 Å². The van der Waals surface area contributed by atoms with Crippen molar-refractivity contribution in [2.24, 2.45) is 5.73 Å². The summed E-state index contributed by atoms with van der Waals surface area (Å²) in [6.45, 7) is 2.69. The molecular formula is C14H23N3O2S. The Kier molecular flexibility index (Phi) is 5.01. The van der Waals surface area contributed by atoms with E-state index in [-0.39, 0.29) is 12.1 Å². The van der Waals surface area contributed by atoms with E-state index in [1.54, 1.807) is 18.2 Å². The summed E-state index contributed by atoms with van der Waals surface area (Å²) in [5.74, 6) is 0. The first kappa shape index (κ1) is 15.3. The number of nitrogens with two attached hydrogens (primary N) is 1. The van der Waals surface area contributed by atoms with Gasteiger partial charge >= 0.3 is 0 Å². The molecular weight excluding hydrogens is 274 g/mol. The summed E-state index contributed by atoms with van der Waals surface area (Å²) in [5, 5.41) is 3.19. The fourth-order valence-corrected chi connectivity index (χ4v) is 3.47. The first-order chi connectivity index (χ1) is 9.49. The Morgan fingerprint density at radius 1 is 1.35 bits per heavy atom. The lowest BCUT2D eigenvalue weighted by Crippen LogP contribution is -2.26. The van der Waals surface area contributed by atoms with Crippen molar-refractivity contribution in [3.8, 4) is 0 Å². The first-order valence-corrected chi connectivity index (χ1v) is 8.58. The Morgan fingerprint density at radius 2 is 2.05 bits per heavy atom. The molecule has 0 heterocycles. The van der Waals surface area contributed by atoms with Crippen LogP contribution in [0, 0.1) is 0 Å². The molecule has 0 aliphatic heterocycles. The molecule has 2 rings (SSSR count). The highest BCUT2D eigenvalue weighted by Crippen LogP contribution is 2.25. The predicted octanol–water partition coefficient (Wildman–Crippen LogP) is 1.67. The van der Waals surface area contributed by atoms with E-state index in [9.17, 15) is 8.42 Å². The van der Waals surface area contributed by atoms with Crippen LogP contribution < -0.4 is 15.8 Å². The molecule has 1 atom stereocenters.